The summed E-state index contributed by atoms with van der Waals surface area (Å²) < 4.78 is 18.1. The molecule has 1 saturated heterocycles. The van der Waals surface area contributed by atoms with Crippen LogP contribution in [0.4, 0.5) is 4.39 Å². The Kier molecular flexibility index (Phi) is 4.10. The molecule has 0 spiro atoms. The molecule has 14 heavy (non-hydrogen) atoms. The summed E-state index contributed by atoms with van der Waals surface area (Å²) in [6.07, 6.45) is 2.51. The molecule has 0 aliphatic carbocycles. The molecule has 1 aliphatic rings. The Morgan fingerprint density at radius 3 is 3.00 bits per heavy atom. The van der Waals surface area contributed by atoms with Gasteiger partial charge in [0.25, 0.3) is 5.95 Å². The number of hydrogen-bond acceptors (Lipinski definition) is 3. The number of nitrogens with one attached hydrogen (secondary N) is 1. The summed E-state index contributed by atoms with van der Waals surface area (Å²) in [5, 5.41) is 3.17. The second kappa shape index (κ2) is 5.12. The first kappa shape index (κ1) is 11.2. The van der Waals surface area contributed by atoms with Crippen molar-refractivity contribution in [3.05, 3.63) is 24.3 Å². The lowest BCUT2D eigenvalue weighted by molar-refractivity contribution is 0.209. The number of pyridine rings is 1. The minimum atomic E-state index is -0.540. The summed E-state index contributed by atoms with van der Waals surface area (Å²) in [4.78, 5) is 3.49. The van der Waals surface area contributed by atoms with E-state index < -0.39 is 5.95 Å². The van der Waals surface area contributed by atoms with Gasteiger partial charge >= 0.3 is 0 Å². The van der Waals surface area contributed by atoms with E-state index in [2.05, 4.69) is 10.3 Å². The molecule has 5 heteroatoms. The van der Waals surface area contributed by atoms with E-state index in [1.807, 2.05) is 0 Å². The van der Waals surface area contributed by atoms with Crippen LogP contribution in [0, 0.1) is 5.95 Å². The summed E-state index contributed by atoms with van der Waals surface area (Å²) in [5.74, 6) is -0.307. The molecule has 78 valence electrons. The van der Waals surface area contributed by atoms with Gasteiger partial charge in [-0.15, -0.1) is 12.4 Å². The Morgan fingerprint density at radius 1 is 1.64 bits per heavy atom. The van der Waals surface area contributed by atoms with Crippen LogP contribution in [0.3, 0.4) is 0 Å². The maximum atomic E-state index is 12.9. The van der Waals surface area contributed by atoms with Gasteiger partial charge in [-0.1, -0.05) is 0 Å². The minimum absolute atomic E-state index is 0. The molecule has 0 unspecified atom stereocenters. The zero-order valence-electron chi connectivity index (χ0n) is 7.57. The van der Waals surface area contributed by atoms with Gasteiger partial charge in [-0.3, -0.25) is 0 Å². The van der Waals surface area contributed by atoms with Crippen molar-refractivity contribution in [3.63, 3.8) is 0 Å². The fourth-order valence-electron chi connectivity index (χ4n) is 1.16. The van der Waals surface area contributed by atoms with Crippen molar-refractivity contribution in [3.8, 4) is 5.75 Å². The molecule has 1 aromatic heterocycles. The van der Waals surface area contributed by atoms with Gasteiger partial charge in [-0.25, -0.2) is 4.98 Å². The van der Waals surface area contributed by atoms with E-state index in [4.69, 9.17) is 4.74 Å². The van der Waals surface area contributed by atoms with Gasteiger partial charge in [-0.05, 0) is 25.1 Å². The lowest BCUT2D eigenvalue weighted by Gasteiger charge is -2.27. The fraction of sp³-hybridized carbons (Fsp3) is 0.444. The molecule has 3 nitrogen and oxygen atoms in total. The molecule has 0 saturated carbocycles. The van der Waals surface area contributed by atoms with Crippen molar-refractivity contribution in [1.29, 1.82) is 0 Å². The zero-order valence-corrected chi connectivity index (χ0v) is 8.39. The standard InChI is InChI=1S/C9H11FN2O.ClH/c10-9-8(2-1-4-12-9)13-6-7-3-5-11-7;/h1-2,4,7,11H,3,5-6H2;1H/t7-;/m1./s1. The van der Waals surface area contributed by atoms with E-state index in [-0.39, 0.29) is 18.2 Å². The maximum absolute atomic E-state index is 12.9. The average molecular weight is 219 g/mol. The number of ether oxygens (including phenoxy) is 1. The smallest absolute Gasteiger partial charge is 0.255 e. The van der Waals surface area contributed by atoms with E-state index in [1.54, 1.807) is 12.1 Å². The second-order valence-corrected chi connectivity index (χ2v) is 3.04. The van der Waals surface area contributed by atoms with Crippen LogP contribution in [0.5, 0.6) is 5.75 Å². The number of nitrogens with zero attached hydrogens (tertiary/aromatic N) is 1. The molecule has 2 rings (SSSR count). The van der Waals surface area contributed by atoms with Gasteiger partial charge in [0.2, 0.25) is 0 Å². The molecule has 0 amide bonds. The number of aromatic nitrogens is 1. The summed E-state index contributed by atoms with van der Waals surface area (Å²) in [7, 11) is 0. The highest BCUT2D eigenvalue weighted by molar-refractivity contribution is 5.85. The lowest BCUT2D eigenvalue weighted by Crippen LogP contribution is -2.46. The molecule has 1 fully saturated rings. The minimum Gasteiger partial charge on any atom is -0.487 e. The normalized spacial score (nSPS) is 19.4. The van der Waals surface area contributed by atoms with Crippen LogP contribution in [0.15, 0.2) is 18.3 Å². The van der Waals surface area contributed by atoms with Crippen LogP contribution in [-0.4, -0.2) is 24.2 Å². The van der Waals surface area contributed by atoms with E-state index in [1.165, 1.54) is 6.20 Å². The molecular weight excluding hydrogens is 207 g/mol. The van der Waals surface area contributed by atoms with Gasteiger partial charge in [-0.2, -0.15) is 4.39 Å². The van der Waals surface area contributed by atoms with Crippen molar-refractivity contribution >= 4 is 12.4 Å². The summed E-state index contributed by atoms with van der Waals surface area (Å²) >= 11 is 0. The number of rotatable bonds is 3. The molecule has 0 aromatic carbocycles. The Hall–Kier alpha value is -0.870. The summed E-state index contributed by atoms with van der Waals surface area (Å²) in [5.41, 5.74) is 0. The van der Waals surface area contributed by atoms with Crippen LogP contribution in [0.25, 0.3) is 0 Å². The zero-order chi connectivity index (χ0) is 9.10. The van der Waals surface area contributed by atoms with Crippen molar-refractivity contribution in [1.82, 2.24) is 10.3 Å². The van der Waals surface area contributed by atoms with Gasteiger partial charge in [0.1, 0.15) is 6.61 Å². The topological polar surface area (TPSA) is 34.1 Å². The van der Waals surface area contributed by atoms with Crippen LogP contribution in [-0.2, 0) is 0 Å². The Balaban J connectivity index is 0.000000980. The van der Waals surface area contributed by atoms with Crippen LogP contribution >= 0.6 is 12.4 Å². The molecule has 0 radical (unpaired) electrons. The highest BCUT2D eigenvalue weighted by Gasteiger charge is 2.17. The number of hydrogen-bond donors (Lipinski definition) is 1. The fourth-order valence-corrected chi connectivity index (χ4v) is 1.16. The Morgan fingerprint density at radius 2 is 2.43 bits per heavy atom. The predicted octanol–water partition coefficient (Wildman–Crippen LogP) is 1.38. The molecule has 0 bridgehead atoms. The molecule has 2 heterocycles. The van der Waals surface area contributed by atoms with Crippen LogP contribution in [0.2, 0.25) is 0 Å². The maximum Gasteiger partial charge on any atom is 0.255 e. The first-order chi connectivity index (χ1) is 6.36. The lowest BCUT2D eigenvalue weighted by atomic mass is 10.1. The first-order valence-corrected chi connectivity index (χ1v) is 4.33. The van der Waals surface area contributed by atoms with Gasteiger partial charge < -0.3 is 10.1 Å². The Labute approximate surface area is 88.1 Å². The van der Waals surface area contributed by atoms with E-state index in [0.717, 1.165) is 13.0 Å². The van der Waals surface area contributed by atoms with Crippen molar-refractivity contribution in [2.75, 3.05) is 13.2 Å². The monoisotopic (exact) mass is 218 g/mol. The molecule has 1 aliphatic heterocycles. The highest BCUT2D eigenvalue weighted by atomic mass is 35.5. The molecular formula is C9H12ClFN2O. The number of halogens is 2. The van der Waals surface area contributed by atoms with Crippen LogP contribution < -0.4 is 10.1 Å². The van der Waals surface area contributed by atoms with Crippen molar-refractivity contribution < 1.29 is 9.13 Å². The van der Waals surface area contributed by atoms with E-state index >= 15 is 0 Å². The molecule has 1 aromatic rings. The third kappa shape index (κ3) is 2.56. The third-order valence-electron chi connectivity index (χ3n) is 2.09. The molecule has 1 N–H and O–H groups in total. The van der Waals surface area contributed by atoms with Crippen LogP contribution in [0.1, 0.15) is 6.42 Å². The first-order valence-electron chi connectivity index (χ1n) is 4.33. The van der Waals surface area contributed by atoms with E-state index in [0.29, 0.717) is 12.6 Å². The van der Waals surface area contributed by atoms with Gasteiger partial charge in [0, 0.05) is 12.2 Å². The Bertz CT molecular complexity index is 294. The van der Waals surface area contributed by atoms with Crippen molar-refractivity contribution in [2.45, 2.75) is 12.5 Å². The third-order valence-corrected chi connectivity index (χ3v) is 2.09. The van der Waals surface area contributed by atoms with Gasteiger partial charge in [0.15, 0.2) is 5.75 Å². The SMILES string of the molecule is Cl.Fc1ncccc1OC[C@H]1CCN1. The second-order valence-electron chi connectivity index (χ2n) is 3.04. The average Bonchev–Trinajstić information content (AvgIpc) is 2.05. The summed E-state index contributed by atoms with van der Waals surface area (Å²) in [6.45, 7) is 1.55. The van der Waals surface area contributed by atoms with Gasteiger partial charge in [0.05, 0.1) is 0 Å². The largest absolute Gasteiger partial charge is 0.487 e. The molecule has 1 atom stereocenters. The van der Waals surface area contributed by atoms with Crippen molar-refractivity contribution in [2.24, 2.45) is 0 Å². The predicted molar refractivity (Wildman–Crippen MR) is 53.3 cm³/mol. The van der Waals surface area contributed by atoms with E-state index in [9.17, 15) is 4.39 Å². The summed E-state index contributed by atoms with van der Waals surface area (Å²) in [6, 6.07) is 3.62. The highest BCUT2D eigenvalue weighted by Crippen LogP contribution is 2.14. The quantitative estimate of drug-likeness (QED) is 0.779.